The Hall–Kier alpha value is -3.12. The van der Waals surface area contributed by atoms with Crippen molar-refractivity contribution in [1.29, 1.82) is 0 Å². The third kappa shape index (κ3) is 4.35. The number of ether oxygens (including phenoxy) is 3. The molecule has 0 radical (unpaired) electrons. The van der Waals surface area contributed by atoms with Gasteiger partial charge in [-0.05, 0) is 42.8 Å². The monoisotopic (exact) mass is 385 g/mol. The van der Waals surface area contributed by atoms with Crippen LogP contribution in [0.1, 0.15) is 25.0 Å². The van der Waals surface area contributed by atoms with Crippen molar-refractivity contribution >= 4 is 35.5 Å². The zero-order valence-corrected chi connectivity index (χ0v) is 15.4. The van der Waals surface area contributed by atoms with Gasteiger partial charge >= 0.3 is 11.9 Å². The van der Waals surface area contributed by atoms with Crippen molar-refractivity contribution in [3.05, 3.63) is 64.3 Å². The van der Waals surface area contributed by atoms with E-state index in [1.54, 1.807) is 48.5 Å². The third-order valence-electron chi connectivity index (χ3n) is 3.55. The van der Waals surface area contributed by atoms with Crippen LogP contribution < -0.4 is 9.47 Å². The van der Waals surface area contributed by atoms with E-state index in [2.05, 4.69) is 4.99 Å². The molecule has 138 valence electrons. The molecule has 2 aromatic carbocycles. The van der Waals surface area contributed by atoms with Gasteiger partial charge in [-0.15, -0.1) is 0 Å². The fourth-order valence-corrected chi connectivity index (χ4v) is 2.66. The molecule has 0 spiro atoms. The highest BCUT2D eigenvalue weighted by Crippen LogP contribution is 2.30. The van der Waals surface area contributed by atoms with Crippen molar-refractivity contribution in [2.24, 2.45) is 4.99 Å². The molecule has 0 saturated carbocycles. The minimum atomic E-state index is -0.577. The minimum Gasteiger partial charge on any atom is -0.490 e. The minimum absolute atomic E-state index is 0.132. The molecule has 0 bridgehead atoms. The maximum absolute atomic E-state index is 12.1. The molecule has 1 aliphatic rings. The van der Waals surface area contributed by atoms with E-state index in [1.807, 2.05) is 6.92 Å². The van der Waals surface area contributed by atoms with E-state index in [1.165, 1.54) is 6.92 Å². The topological polar surface area (TPSA) is 74.2 Å². The standard InChI is InChI=1S/C20H16ClNO5/c1-3-25-18-11-13(8-9-17(18)26-12(2)23)10-16-20(24)27-19(22-16)14-6-4-5-7-15(14)21/h4-11H,3H2,1-2H3. The summed E-state index contributed by atoms with van der Waals surface area (Å²) in [4.78, 5) is 27.6. The van der Waals surface area contributed by atoms with E-state index < -0.39 is 11.9 Å². The maximum atomic E-state index is 12.1. The van der Waals surface area contributed by atoms with E-state index in [4.69, 9.17) is 25.8 Å². The molecule has 0 fully saturated rings. The first-order chi connectivity index (χ1) is 13.0. The molecule has 2 aromatic rings. The number of nitrogens with zero attached hydrogens (tertiary/aromatic N) is 1. The normalized spacial score (nSPS) is 14.7. The molecule has 1 aliphatic heterocycles. The van der Waals surface area contributed by atoms with Gasteiger partial charge in [0.25, 0.3) is 0 Å². The Balaban J connectivity index is 1.93. The molecular weight excluding hydrogens is 370 g/mol. The fourth-order valence-electron chi connectivity index (χ4n) is 2.44. The number of hydrogen-bond donors (Lipinski definition) is 0. The molecule has 0 aromatic heterocycles. The molecular formula is C20H16ClNO5. The number of rotatable bonds is 5. The molecule has 0 saturated heterocycles. The van der Waals surface area contributed by atoms with Crippen molar-refractivity contribution in [2.75, 3.05) is 6.61 Å². The molecule has 0 N–H and O–H groups in total. The summed E-state index contributed by atoms with van der Waals surface area (Å²) in [5.41, 5.74) is 1.31. The second kappa shape index (κ2) is 8.05. The first kappa shape index (κ1) is 18.7. The van der Waals surface area contributed by atoms with Crippen LogP contribution >= 0.6 is 11.6 Å². The van der Waals surface area contributed by atoms with Gasteiger partial charge in [-0.1, -0.05) is 29.8 Å². The quantitative estimate of drug-likeness (QED) is 0.441. The van der Waals surface area contributed by atoms with Crippen molar-refractivity contribution in [1.82, 2.24) is 0 Å². The van der Waals surface area contributed by atoms with Gasteiger partial charge in [0, 0.05) is 6.92 Å². The van der Waals surface area contributed by atoms with Gasteiger partial charge in [0.05, 0.1) is 17.2 Å². The van der Waals surface area contributed by atoms with Gasteiger partial charge in [0.2, 0.25) is 5.90 Å². The highest BCUT2D eigenvalue weighted by Gasteiger charge is 2.25. The van der Waals surface area contributed by atoms with Gasteiger partial charge in [0.15, 0.2) is 17.2 Å². The Morgan fingerprint density at radius 3 is 2.70 bits per heavy atom. The first-order valence-electron chi connectivity index (χ1n) is 8.20. The molecule has 27 heavy (non-hydrogen) atoms. The second-order valence-electron chi connectivity index (χ2n) is 5.55. The van der Waals surface area contributed by atoms with Crippen molar-refractivity contribution < 1.29 is 23.8 Å². The van der Waals surface area contributed by atoms with E-state index >= 15 is 0 Å². The van der Waals surface area contributed by atoms with Gasteiger partial charge < -0.3 is 14.2 Å². The SMILES string of the molecule is CCOc1cc(C=C2N=C(c3ccccc3Cl)OC2=O)ccc1OC(C)=O. The van der Waals surface area contributed by atoms with Crippen LogP contribution in [0.4, 0.5) is 0 Å². The maximum Gasteiger partial charge on any atom is 0.363 e. The van der Waals surface area contributed by atoms with Crippen LogP contribution in [0.2, 0.25) is 5.02 Å². The van der Waals surface area contributed by atoms with Crippen LogP contribution in [-0.2, 0) is 14.3 Å². The lowest BCUT2D eigenvalue weighted by molar-refractivity contribution is -0.132. The summed E-state index contributed by atoms with van der Waals surface area (Å²) in [6.45, 7) is 3.52. The fraction of sp³-hybridized carbons (Fsp3) is 0.150. The van der Waals surface area contributed by atoms with Crippen LogP contribution in [0.3, 0.4) is 0 Å². The largest absolute Gasteiger partial charge is 0.490 e. The smallest absolute Gasteiger partial charge is 0.363 e. The Bertz CT molecular complexity index is 965. The van der Waals surface area contributed by atoms with Crippen molar-refractivity contribution in [3.63, 3.8) is 0 Å². The summed E-state index contributed by atoms with van der Waals surface area (Å²) in [7, 11) is 0. The number of benzene rings is 2. The lowest BCUT2D eigenvalue weighted by Crippen LogP contribution is -2.06. The van der Waals surface area contributed by atoms with Gasteiger partial charge in [-0.3, -0.25) is 4.79 Å². The predicted octanol–water partition coefficient (Wildman–Crippen LogP) is 4.01. The van der Waals surface area contributed by atoms with Gasteiger partial charge in [0.1, 0.15) is 0 Å². The summed E-state index contributed by atoms with van der Waals surface area (Å²) in [5, 5.41) is 0.440. The molecule has 0 amide bonds. The Morgan fingerprint density at radius 2 is 2.00 bits per heavy atom. The molecule has 0 aliphatic carbocycles. The Morgan fingerprint density at radius 1 is 1.22 bits per heavy atom. The van der Waals surface area contributed by atoms with Crippen molar-refractivity contribution in [3.8, 4) is 11.5 Å². The zero-order chi connectivity index (χ0) is 19.4. The summed E-state index contributed by atoms with van der Waals surface area (Å²) in [6.07, 6.45) is 1.56. The second-order valence-corrected chi connectivity index (χ2v) is 5.96. The van der Waals surface area contributed by atoms with E-state index in [-0.39, 0.29) is 11.6 Å². The van der Waals surface area contributed by atoms with Gasteiger partial charge in [-0.25, -0.2) is 9.79 Å². The van der Waals surface area contributed by atoms with E-state index in [9.17, 15) is 9.59 Å². The molecule has 3 rings (SSSR count). The van der Waals surface area contributed by atoms with E-state index in [0.717, 1.165) is 0 Å². The van der Waals surface area contributed by atoms with Crippen LogP contribution in [0.15, 0.2) is 53.2 Å². The Kier molecular flexibility index (Phi) is 5.57. The predicted molar refractivity (Wildman–Crippen MR) is 101 cm³/mol. The highest BCUT2D eigenvalue weighted by molar-refractivity contribution is 6.34. The number of halogens is 1. The number of carbonyl (C=O) groups excluding carboxylic acids is 2. The van der Waals surface area contributed by atoms with Crippen LogP contribution in [0, 0.1) is 0 Å². The molecule has 6 nitrogen and oxygen atoms in total. The molecule has 0 atom stereocenters. The van der Waals surface area contributed by atoms with E-state index in [0.29, 0.717) is 34.3 Å². The lowest BCUT2D eigenvalue weighted by atomic mass is 10.1. The first-order valence-corrected chi connectivity index (χ1v) is 8.58. The van der Waals surface area contributed by atoms with Crippen LogP contribution in [-0.4, -0.2) is 24.4 Å². The highest BCUT2D eigenvalue weighted by atomic mass is 35.5. The number of carbonyl (C=O) groups is 2. The summed E-state index contributed by atoms with van der Waals surface area (Å²) in [5.74, 6) is -0.176. The van der Waals surface area contributed by atoms with Crippen LogP contribution in [0.5, 0.6) is 11.5 Å². The molecule has 7 heteroatoms. The Labute approximate surface area is 161 Å². The lowest BCUT2D eigenvalue weighted by Gasteiger charge is -2.10. The average molecular weight is 386 g/mol. The van der Waals surface area contributed by atoms with Crippen molar-refractivity contribution in [2.45, 2.75) is 13.8 Å². The van der Waals surface area contributed by atoms with Gasteiger partial charge in [-0.2, -0.15) is 0 Å². The summed E-state index contributed by atoms with van der Waals surface area (Å²) in [6, 6.07) is 11.9. The summed E-state index contributed by atoms with van der Waals surface area (Å²) >= 11 is 6.12. The summed E-state index contributed by atoms with van der Waals surface area (Å²) < 4.78 is 15.8. The number of cyclic esters (lactones) is 1. The zero-order valence-electron chi connectivity index (χ0n) is 14.7. The third-order valence-corrected chi connectivity index (χ3v) is 3.88. The average Bonchev–Trinajstić information content (AvgIpc) is 2.98. The number of aliphatic imine (C=N–C) groups is 1. The molecule has 0 unspecified atom stereocenters. The number of hydrogen-bond acceptors (Lipinski definition) is 6. The molecule has 1 heterocycles. The number of esters is 2. The van der Waals surface area contributed by atoms with Crippen LogP contribution in [0.25, 0.3) is 6.08 Å².